The minimum atomic E-state index is -3.50. The van der Waals surface area contributed by atoms with Gasteiger partial charge in [0.25, 0.3) is 5.91 Å². The van der Waals surface area contributed by atoms with Gasteiger partial charge in [0.1, 0.15) is 14.8 Å². The Kier molecular flexibility index (Phi) is 5.63. The van der Waals surface area contributed by atoms with Crippen LogP contribution in [0.25, 0.3) is 0 Å². The van der Waals surface area contributed by atoms with Gasteiger partial charge in [-0.15, -0.1) is 11.3 Å². The molecule has 0 atom stereocenters. The minimum Gasteiger partial charge on any atom is -0.396 e. The van der Waals surface area contributed by atoms with Gasteiger partial charge in [-0.3, -0.25) is 4.79 Å². The van der Waals surface area contributed by atoms with E-state index in [1.54, 1.807) is 14.1 Å². The van der Waals surface area contributed by atoms with Crippen molar-refractivity contribution in [3.05, 3.63) is 4.88 Å². The van der Waals surface area contributed by atoms with Gasteiger partial charge in [-0.2, -0.15) is 0 Å². The van der Waals surface area contributed by atoms with Crippen LogP contribution in [0, 0.1) is 5.92 Å². The van der Waals surface area contributed by atoms with Crippen molar-refractivity contribution in [2.45, 2.75) is 25.2 Å². The molecule has 0 aromatic carbocycles. The van der Waals surface area contributed by atoms with Crippen LogP contribution < -0.4 is 11.1 Å². The molecule has 0 spiro atoms. The first-order valence-corrected chi connectivity index (χ1v) is 9.34. The maximum atomic E-state index is 12.1. The Bertz CT molecular complexity index is 619. The molecule has 120 valence electrons. The fourth-order valence-electron chi connectivity index (χ4n) is 1.75. The molecule has 3 N–H and O–H groups in total. The van der Waals surface area contributed by atoms with E-state index in [0.717, 1.165) is 24.0 Å². The number of hydrogen-bond acceptors (Lipinski definition) is 6. The summed E-state index contributed by atoms with van der Waals surface area (Å²) in [6, 6.07) is 0. The van der Waals surface area contributed by atoms with E-state index in [9.17, 15) is 13.2 Å². The second-order valence-electron chi connectivity index (χ2n) is 5.58. The molecule has 0 aliphatic carbocycles. The summed E-state index contributed by atoms with van der Waals surface area (Å²) in [6.07, 6.45) is 2.00. The first-order chi connectivity index (χ1) is 9.55. The van der Waals surface area contributed by atoms with E-state index >= 15 is 0 Å². The van der Waals surface area contributed by atoms with Crippen molar-refractivity contribution in [3.8, 4) is 0 Å². The van der Waals surface area contributed by atoms with Crippen LogP contribution in [0.1, 0.15) is 29.9 Å². The topological polar surface area (TPSA) is 92.5 Å². The van der Waals surface area contributed by atoms with Crippen molar-refractivity contribution in [3.63, 3.8) is 0 Å². The number of nitrogens with two attached hydrogens (primary N) is 1. The highest BCUT2D eigenvalue weighted by atomic mass is 32.2. The van der Waals surface area contributed by atoms with Gasteiger partial charge in [0.2, 0.25) is 0 Å². The van der Waals surface area contributed by atoms with E-state index < -0.39 is 9.84 Å². The predicted octanol–water partition coefficient (Wildman–Crippen LogP) is 1.89. The Morgan fingerprint density at radius 2 is 1.95 bits per heavy atom. The molecule has 0 bridgehead atoms. The Hall–Kier alpha value is -1.28. The van der Waals surface area contributed by atoms with Gasteiger partial charge >= 0.3 is 0 Å². The molecule has 0 unspecified atom stereocenters. The second-order valence-corrected chi connectivity index (χ2v) is 8.56. The van der Waals surface area contributed by atoms with Crippen LogP contribution in [-0.4, -0.2) is 46.1 Å². The number of nitrogen functional groups attached to an aromatic ring is 1. The number of carbonyl (C=O) groups excluding carboxylic acids is 1. The van der Waals surface area contributed by atoms with Crippen LogP contribution in [0.5, 0.6) is 0 Å². The van der Waals surface area contributed by atoms with E-state index in [2.05, 4.69) is 19.2 Å². The van der Waals surface area contributed by atoms with Crippen molar-refractivity contribution in [2.75, 3.05) is 37.9 Å². The van der Waals surface area contributed by atoms with Crippen molar-refractivity contribution >= 4 is 37.8 Å². The number of amides is 1. The van der Waals surface area contributed by atoms with Gasteiger partial charge in [0, 0.05) is 26.9 Å². The lowest BCUT2D eigenvalue weighted by atomic mass is 10.1. The maximum Gasteiger partial charge on any atom is 0.265 e. The highest BCUT2D eigenvalue weighted by Crippen LogP contribution is 2.39. The SMILES string of the molecule is CC(C)CCNc1sc(C(=O)N(C)C)c(N)c1S(C)(=O)=O. The average molecular weight is 333 g/mol. The Morgan fingerprint density at radius 3 is 2.38 bits per heavy atom. The lowest BCUT2D eigenvalue weighted by Gasteiger charge is -2.08. The summed E-state index contributed by atoms with van der Waals surface area (Å²) in [6.45, 7) is 4.81. The van der Waals surface area contributed by atoms with Crippen LogP contribution in [0.3, 0.4) is 0 Å². The van der Waals surface area contributed by atoms with Crippen molar-refractivity contribution in [1.29, 1.82) is 0 Å². The largest absolute Gasteiger partial charge is 0.396 e. The van der Waals surface area contributed by atoms with Crippen LogP contribution >= 0.6 is 11.3 Å². The highest BCUT2D eigenvalue weighted by molar-refractivity contribution is 7.91. The molecule has 1 amide bonds. The normalized spacial score (nSPS) is 11.7. The van der Waals surface area contributed by atoms with Crippen molar-refractivity contribution < 1.29 is 13.2 Å². The summed E-state index contributed by atoms with van der Waals surface area (Å²) < 4.78 is 23.9. The monoisotopic (exact) mass is 333 g/mol. The number of anilines is 2. The molecule has 1 aromatic heterocycles. The highest BCUT2D eigenvalue weighted by Gasteiger charge is 2.27. The van der Waals surface area contributed by atoms with Gasteiger partial charge < -0.3 is 16.0 Å². The zero-order valence-corrected chi connectivity index (χ0v) is 14.7. The molecule has 1 heterocycles. The van der Waals surface area contributed by atoms with Gasteiger partial charge in [-0.05, 0) is 12.3 Å². The smallest absolute Gasteiger partial charge is 0.265 e. The zero-order valence-electron chi connectivity index (χ0n) is 13.1. The van der Waals surface area contributed by atoms with Crippen LogP contribution in [0.2, 0.25) is 0 Å². The summed E-state index contributed by atoms with van der Waals surface area (Å²) >= 11 is 1.09. The number of thiophene rings is 1. The van der Waals surface area contributed by atoms with Crippen molar-refractivity contribution in [1.82, 2.24) is 4.90 Å². The number of nitrogens with one attached hydrogen (secondary N) is 1. The predicted molar refractivity (Wildman–Crippen MR) is 87.8 cm³/mol. The molecule has 1 rings (SSSR count). The number of carbonyl (C=O) groups is 1. The molecule has 0 saturated heterocycles. The van der Waals surface area contributed by atoms with Gasteiger partial charge in [-0.25, -0.2) is 8.42 Å². The molecule has 0 fully saturated rings. The van der Waals surface area contributed by atoms with E-state index in [-0.39, 0.29) is 21.4 Å². The van der Waals surface area contributed by atoms with E-state index in [1.807, 2.05) is 0 Å². The number of nitrogens with zero attached hydrogens (tertiary/aromatic N) is 1. The summed E-state index contributed by atoms with van der Waals surface area (Å²) in [4.78, 5) is 13.7. The summed E-state index contributed by atoms with van der Waals surface area (Å²) in [5, 5.41) is 3.54. The molecule has 0 radical (unpaired) electrons. The first-order valence-electron chi connectivity index (χ1n) is 6.63. The van der Waals surface area contributed by atoms with Crippen molar-refractivity contribution in [2.24, 2.45) is 5.92 Å². The summed E-state index contributed by atoms with van der Waals surface area (Å²) in [5.74, 6) is 0.207. The van der Waals surface area contributed by atoms with Crippen LogP contribution in [0.15, 0.2) is 4.90 Å². The molecule has 0 aliphatic rings. The molecule has 1 aromatic rings. The Labute approximate surface area is 130 Å². The average Bonchev–Trinajstić information content (AvgIpc) is 2.64. The zero-order chi connectivity index (χ0) is 16.4. The summed E-state index contributed by atoms with van der Waals surface area (Å²) in [5.41, 5.74) is 5.94. The minimum absolute atomic E-state index is 0.0291. The number of rotatable bonds is 6. The van der Waals surface area contributed by atoms with E-state index in [0.29, 0.717) is 17.5 Å². The first kappa shape index (κ1) is 17.8. The van der Waals surface area contributed by atoms with Crippen LogP contribution in [-0.2, 0) is 9.84 Å². The summed E-state index contributed by atoms with van der Waals surface area (Å²) in [7, 11) is -0.292. The number of sulfone groups is 1. The second kappa shape index (κ2) is 6.65. The molecule has 0 saturated carbocycles. The van der Waals surface area contributed by atoms with Crippen LogP contribution in [0.4, 0.5) is 10.7 Å². The third-order valence-corrected chi connectivity index (χ3v) is 5.32. The fraction of sp³-hybridized carbons (Fsp3) is 0.615. The molecular formula is C13H23N3O3S2. The lowest BCUT2D eigenvalue weighted by molar-refractivity contribution is 0.0833. The maximum absolute atomic E-state index is 12.1. The molecule has 6 nitrogen and oxygen atoms in total. The molecular weight excluding hydrogens is 310 g/mol. The molecule has 0 aliphatic heterocycles. The van der Waals surface area contributed by atoms with Gasteiger partial charge in [-0.1, -0.05) is 13.8 Å². The lowest BCUT2D eigenvalue weighted by Crippen LogP contribution is -2.21. The van der Waals surface area contributed by atoms with Gasteiger partial charge in [0.05, 0.1) is 5.69 Å². The third kappa shape index (κ3) is 4.34. The molecule has 21 heavy (non-hydrogen) atoms. The Balaban J connectivity index is 3.23. The Morgan fingerprint density at radius 1 is 1.38 bits per heavy atom. The number of hydrogen-bond donors (Lipinski definition) is 2. The quantitative estimate of drug-likeness (QED) is 0.829. The van der Waals surface area contributed by atoms with E-state index in [4.69, 9.17) is 5.73 Å². The standard InChI is InChI=1S/C13H23N3O3S2/c1-8(2)6-7-15-12-11(21(5,18)19)9(14)10(20-12)13(17)16(3)4/h8,15H,6-7,14H2,1-5H3. The fourth-order valence-corrected chi connectivity index (χ4v) is 4.37. The van der Waals surface area contributed by atoms with Gasteiger partial charge in [0.15, 0.2) is 9.84 Å². The van der Waals surface area contributed by atoms with E-state index in [1.165, 1.54) is 4.90 Å². The third-order valence-electron chi connectivity index (χ3n) is 2.88. The molecule has 8 heteroatoms.